The molecule has 0 saturated carbocycles. The first kappa shape index (κ1) is 14.5. The molecule has 0 fully saturated rings. The molecular weight excluding hydrogens is 226 g/mol. The SMILES string of the molecule is Cc1c(N)cccc1CN(C)CC(=O)NC(C)C. The van der Waals surface area contributed by atoms with Crippen LogP contribution in [-0.4, -0.2) is 30.4 Å². The lowest BCUT2D eigenvalue weighted by Crippen LogP contribution is -2.38. The van der Waals surface area contributed by atoms with E-state index < -0.39 is 0 Å². The molecule has 0 radical (unpaired) electrons. The largest absolute Gasteiger partial charge is 0.399 e. The monoisotopic (exact) mass is 249 g/mol. The standard InChI is InChI=1S/C14H23N3O/c1-10(2)16-14(18)9-17(4)8-12-6-5-7-13(15)11(12)3/h5-7,10H,8-9,15H2,1-4H3,(H,16,18). The second-order valence-electron chi connectivity index (χ2n) is 5.03. The minimum atomic E-state index is 0.0501. The molecule has 4 nitrogen and oxygen atoms in total. The lowest BCUT2D eigenvalue weighted by atomic mass is 10.1. The average Bonchev–Trinajstić information content (AvgIpc) is 2.23. The van der Waals surface area contributed by atoms with E-state index in [0.717, 1.165) is 23.4 Å². The maximum Gasteiger partial charge on any atom is 0.234 e. The van der Waals surface area contributed by atoms with E-state index in [2.05, 4.69) is 5.32 Å². The Labute approximate surface area is 109 Å². The van der Waals surface area contributed by atoms with Gasteiger partial charge in [-0.3, -0.25) is 9.69 Å². The van der Waals surface area contributed by atoms with E-state index in [-0.39, 0.29) is 11.9 Å². The van der Waals surface area contributed by atoms with Gasteiger partial charge < -0.3 is 11.1 Å². The Hall–Kier alpha value is -1.55. The van der Waals surface area contributed by atoms with Crippen LogP contribution in [0.25, 0.3) is 0 Å². The number of likely N-dealkylation sites (N-methyl/N-ethyl adjacent to an activating group) is 1. The van der Waals surface area contributed by atoms with Crippen molar-refractivity contribution in [2.45, 2.75) is 33.4 Å². The fraction of sp³-hybridized carbons (Fsp3) is 0.500. The van der Waals surface area contributed by atoms with Gasteiger partial charge in [0.25, 0.3) is 0 Å². The number of amides is 1. The van der Waals surface area contributed by atoms with Crippen LogP contribution in [0.4, 0.5) is 5.69 Å². The Morgan fingerprint density at radius 3 is 2.72 bits per heavy atom. The molecule has 4 heteroatoms. The van der Waals surface area contributed by atoms with Crippen LogP contribution in [-0.2, 0) is 11.3 Å². The molecule has 0 spiro atoms. The van der Waals surface area contributed by atoms with E-state index in [4.69, 9.17) is 5.73 Å². The molecule has 0 aliphatic rings. The number of hydrogen-bond acceptors (Lipinski definition) is 3. The van der Waals surface area contributed by atoms with Gasteiger partial charge in [0.05, 0.1) is 6.54 Å². The summed E-state index contributed by atoms with van der Waals surface area (Å²) < 4.78 is 0. The van der Waals surface area contributed by atoms with Crippen LogP contribution in [0.15, 0.2) is 18.2 Å². The predicted molar refractivity (Wildman–Crippen MR) is 75.2 cm³/mol. The summed E-state index contributed by atoms with van der Waals surface area (Å²) in [5, 5.41) is 2.88. The predicted octanol–water partition coefficient (Wildman–Crippen LogP) is 1.53. The molecule has 18 heavy (non-hydrogen) atoms. The van der Waals surface area contributed by atoms with Gasteiger partial charge in [0.2, 0.25) is 5.91 Å². The van der Waals surface area contributed by atoms with Crippen LogP contribution < -0.4 is 11.1 Å². The van der Waals surface area contributed by atoms with Crippen molar-refractivity contribution in [3.8, 4) is 0 Å². The van der Waals surface area contributed by atoms with Crippen molar-refractivity contribution in [3.05, 3.63) is 29.3 Å². The molecule has 0 aliphatic heterocycles. The summed E-state index contributed by atoms with van der Waals surface area (Å²) >= 11 is 0. The lowest BCUT2D eigenvalue weighted by Gasteiger charge is -2.19. The molecular formula is C14H23N3O. The zero-order valence-electron chi connectivity index (χ0n) is 11.7. The number of nitrogens with one attached hydrogen (secondary N) is 1. The van der Waals surface area contributed by atoms with E-state index in [1.165, 1.54) is 0 Å². The van der Waals surface area contributed by atoms with Crippen molar-refractivity contribution in [1.29, 1.82) is 0 Å². The van der Waals surface area contributed by atoms with Gasteiger partial charge >= 0.3 is 0 Å². The summed E-state index contributed by atoms with van der Waals surface area (Å²) in [7, 11) is 1.93. The van der Waals surface area contributed by atoms with Crippen LogP contribution in [0, 0.1) is 6.92 Å². The first-order valence-corrected chi connectivity index (χ1v) is 6.22. The van der Waals surface area contributed by atoms with Crippen LogP contribution in [0.2, 0.25) is 0 Å². The molecule has 0 bridgehead atoms. The molecule has 0 saturated heterocycles. The molecule has 1 amide bonds. The van der Waals surface area contributed by atoms with Crippen LogP contribution in [0.3, 0.4) is 0 Å². The van der Waals surface area contributed by atoms with E-state index >= 15 is 0 Å². The minimum absolute atomic E-state index is 0.0501. The van der Waals surface area contributed by atoms with Crippen molar-refractivity contribution >= 4 is 11.6 Å². The maximum absolute atomic E-state index is 11.6. The van der Waals surface area contributed by atoms with Crippen molar-refractivity contribution in [2.75, 3.05) is 19.3 Å². The summed E-state index contributed by atoms with van der Waals surface area (Å²) in [4.78, 5) is 13.6. The highest BCUT2D eigenvalue weighted by Crippen LogP contribution is 2.16. The molecule has 0 aromatic heterocycles. The van der Waals surface area contributed by atoms with Gasteiger partial charge in [0.1, 0.15) is 0 Å². The van der Waals surface area contributed by atoms with Gasteiger partial charge in [-0.05, 0) is 45.0 Å². The summed E-state index contributed by atoms with van der Waals surface area (Å²) in [6.07, 6.45) is 0. The molecule has 1 aromatic rings. The summed E-state index contributed by atoms with van der Waals surface area (Å²) in [5.74, 6) is 0.0501. The third-order valence-corrected chi connectivity index (χ3v) is 2.79. The van der Waals surface area contributed by atoms with Gasteiger partial charge in [-0.2, -0.15) is 0 Å². The molecule has 0 heterocycles. The Kier molecular flexibility index (Phi) is 5.16. The number of rotatable bonds is 5. The highest BCUT2D eigenvalue weighted by atomic mass is 16.2. The number of nitrogen functional groups attached to an aromatic ring is 1. The normalized spacial score (nSPS) is 11.0. The topological polar surface area (TPSA) is 58.4 Å². The summed E-state index contributed by atoms with van der Waals surface area (Å²) in [6.45, 7) is 7.04. The molecule has 1 aromatic carbocycles. The third kappa shape index (κ3) is 4.37. The third-order valence-electron chi connectivity index (χ3n) is 2.79. The number of hydrogen-bond donors (Lipinski definition) is 2. The van der Waals surface area contributed by atoms with Crippen LogP contribution >= 0.6 is 0 Å². The van der Waals surface area contributed by atoms with E-state index in [0.29, 0.717) is 6.54 Å². The number of carbonyl (C=O) groups is 1. The lowest BCUT2D eigenvalue weighted by molar-refractivity contribution is -0.122. The van der Waals surface area contributed by atoms with Crippen molar-refractivity contribution in [2.24, 2.45) is 0 Å². The maximum atomic E-state index is 11.6. The Balaban J connectivity index is 2.57. The number of anilines is 1. The van der Waals surface area contributed by atoms with Gasteiger partial charge in [0.15, 0.2) is 0 Å². The first-order chi connectivity index (χ1) is 8.40. The second kappa shape index (κ2) is 6.40. The highest BCUT2D eigenvalue weighted by molar-refractivity contribution is 5.78. The summed E-state index contributed by atoms with van der Waals surface area (Å²) in [5.41, 5.74) is 8.92. The van der Waals surface area contributed by atoms with Gasteiger partial charge in [-0.15, -0.1) is 0 Å². The molecule has 0 unspecified atom stereocenters. The number of benzene rings is 1. The van der Waals surface area contributed by atoms with E-state index in [9.17, 15) is 4.79 Å². The van der Waals surface area contributed by atoms with Crippen LogP contribution in [0.5, 0.6) is 0 Å². The minimum Gasteiger partial charge on any atom is -0.399 e. The Bertz CT molecular complexity index is 416. The van der Waals surface area contributed by atoms with Crippen molar-refractivity contribution in [1.82, 2.24) is 10.2 Å². The zero-order valence-corrected chi connectivity index (χ0v) is 11.7. The Morgan fingerprint density at radius 1 is 1.44 bits per heavy atom. The van der Waals surface area contributed by atoms with Crippen molar-refractivity contribution < 1.29 is 4.79 Å². The van der Waals surface area contributed by atoms with Crippen LogP contribution in [0.1, 0.15) is 25.0 Å². The zero-order chi connectivity index (χ0) is 13.7. The average molecular weight is 249 g/mol. The molecule has 1 rings (SSSR count). The number of nitrogens with zero attached hydrogens (tertiary/aromatic N) is 1. The van der Waals surface area contributed by atoms with E-state index in [1.54, 1.807) is 0 Å². The summed E-state index contributed by atoms with van der Waals surface area (Å²) in [6, 6.07) is 6.06. The highest BCUT2D eigenvalue weighted by Gasteiger charge is 2.09. The first-order valence-electron chi connectivity index (χ1n) is 6.22. The quantitative estimate of drug-likeness (QED) is 0.778. The molecule has 0 aliphatic carbocycles. The van der Waals surface area contributed by atoms with Gasteiger partial charge in [-0.25, -0.2) is 0 Å². The number of carbonyl (C=O) groups excluding carboxylic acids is 1. The van der Waals surface area contributed by atoms with Gasteiger partial charge in [0, 0.05) is 18.3 Å². The smallest absolute Gasteiger partial charge is 0.234 e. The van der Waals surface area contributed by atoms with E-state index in [1.807, 2.05) is 50.9 Å². The Morgan fingerprint density at radius 2 is 2.11 bits per heavy atom. The molecule has 100 valence electrons. The molecule has 3 N–H and O–H groups in total. The fourth-order valence-corrected chi connectivity index (χ4v) is 1.83. The second-order valence-corrected chi connectivity index (χ2v) is 5.03. The van der Waals surface area contributed by atoms with Gasteiger partial charge in [-0.1, -0.05) is 12.1 Å². The van der Waals surface area contributed by atoms with Crippen molar-refractivity contribution in [3.63, 3.8) is 0 Å². The molecule has 0 atom stereocenters. The number of nitrogens with two attached hydrogens (primary N) is 1. The fourth-order valence-electron chi connectivity index (χ4n) is 1.83.